The molecule has 18 heavy (non-hydrogen) atoms. The zero-order valence-electron chi connectivity index (χ0n) is 11.0. The Morgan fingerprint density at radius 3 is 2.61 bits per heavy atom. The van der Waals surface area contributed by atoms with Crippen molar-refractivity contribution in [3.05, 3.63) is 23.2 Å². The Kier molecular flexibility index (Phi) is 4.84. The van der Waals surface area contributed by atoms with E-state index in [0.717, 1.165) is 5.69 Å². The van der Waals surface area contributed by atoms with Crippen LogP contribution in [0.5, 0.6) is 5.75 Å². The van der Waals surface area contributed by atoms with E-state index in [1.54, 1.807) is 39.2 Å². The molecule has 0 amide bonds. The molecule has 0 saturated heterocycles. The summed E-state index contributed by atoms with van der Waals surface area (Å²) in [6, 6.07) is 5.31. The predicted octanol–water partition coefficient (Wildman–Crippen LogP) is 2.96. The molecular weight excluding hydrogens is 254 g/mol. The van der Waals surface area contributed by atoms with E-state index >= 15 is 0 Å². The van der Waals surface area contributed by atoms with Crippen LogP contribution in [-0.4, -0.2) is 26.7 Å². The first kappa shape index (κ1) is 14.6. The van der Waals surface area contributed by atoms with Gasteiger partial charge in [0.05, 0.1) is 30.3 Å². The van der Waals surface area contributed by atoms with E-state index < -0.39 is 5.41 Å². The SMILES string of the molecule is COC(=O)C(C)(C)CNc1cc(OC)ccc1Cl. The van der Waals surface area contributed by atoms with Crippen LogP contribution >= 0.6 is 11.6 Å². The molecule has 1 aromatic carbocycles. The van der Waals surface area contributed by atoms with E-state index in [4.69, 9.17) is 21.1 Å². The number of hydrogen-bond acceptors (Lipinski definition) is 4. The molecule has 1 N–H and O–H groups in total. The van der Waals surface area contributed by atoms with Gasteiger partial charge in [0.2, 0.25) is 0 Å². The molecule has 0 aliphatic rings. The summed E-state index contributed by atoms with van der Waals surface area (Å²) in [6.45, 7) is 4.03. The number of esters is 1. The smallest absolute Gasteiger partial charge is 0.313 e. The van der Waals surface area contributed by atoms with Crippen molar-refractivity contribution in [1.82, 2.24) is 0 Å². The van der Waals surface area contributed by atoms with Crippen molar-refractivity contribution in [1.29, 1.82) is 0 Å². The minimum Gasteiger partial charge on any atom is -0.497 e. The fourth-order valence-electron chi connectivity index (χ4n) is 1.43. The second-order valence-electron chi connectivity index (χ2n) is 4.57. The van der Waals surface area contributed by atoms with Gasteiger partial charge in [-0.2, -0.15) is 0 Å². The molecule has 0 unspecified atom stereocenters. The summed E-state index contributed by atoms with van der Waals surface area (Å²) in [5, 5.41) is 3.71. The number of ether oxygens (including phenoxy) is 2. The quantitative estimate of drug-likeness (QED) is 0.837. The molecule has 5 heteroatoms. The first-order valence-corrected chi connectivity index (χ1v) is 5.94. The summed E-state index contributed by atoms with van der Waals surface area (Å²) in [5.41, 5.74) is 0.106. The summed E-state index contributed by atoms with van der Waals surface area (Å²) in [7, 11) is 2.97. The van der Waals surface area contributed by atoms with Gasteiger partial charge < -0.3 is 14.8 Å². The van der Waals surface area contributed by atoms with E-state index in [1.165, 1.54) is 7.11 Å². The van der Waals surface area contributed by atoms with Gasteiger partial charge in [0, 0.05) is 12.6 Å². The van der Waals surface area contributed by atoms with Crippen LogP contribution in [0.4, 0.5) is 5.69 Å². The van der Waals surface area contributed by atoms with Gasteiger partial charge in [0.1, 0.15) is 5.75 Å². The molecule has 0 heterocycles. The molecule has 0 bridgehead atoms. The Morgan fingerprint density at radius 2 is 2.06 bits per heavy atom. The standard InChI is InChI=1S/C13H18ClNO3/c1-13(2,12(16)18-4)8-15-11-7-9(17-3)5-6-10(11)14/h5-7,15H,8H2,1-4H3. The molecule has 1 aromatic rings. The van der Waals surface area contributed by atoms with Gasteiger partial charge in [0.25, 0.3) is 0 Å². The molecule has 0 aliphatic carbocycles. The second-order valence-corrected chi connectivity index (χ2v) is 4.98. The second kappa shape index (κ2) is 5.96. The van der Waals surface area contributed by atoms with Crippen LogP contribution in [-0.2, 0) is 9.53 Å². The number of nitrogens with one attached hydrogen (secondary N) is 1. The van der Waals surface area contributed by atoms with E-state index in [2.05, 4.69) is 5.32 Å². The number of methoxy groups -OCH3 is 2. The van der Waals surface area contributed by atoms with E-state index in [1.807, 2.05) is 0 Å². The number of carbonyl (C=O) groups excluding carboxylic acids is 1. The number of hydrogen-bond donors (Lipinski definition) is 1. The first-order chi connectivity index (χ1) is 8.40. The predicted molar refractivity (Wildman–Crippen MR) is 72.3 cm³/mol. The van der Waals surface area contributed by atoms with Crippen LogP contribution in [0.1, 0.15) is 13.8 Å². The third-order valence-corrected chi connectivity index (χ3v) is 2.96. The summed E-state index contributed by atoms with van der Waals surface area (Å²) in [5.74, 6) is 0.437. The van der Waals surface area contributed by atoms with Crippen molar-refractivity contribution in [2.24, 2.45) is 5.41 Å². The number of halogens is 1. The number of rotatable bonds is 5. The molecule has 0 radical (unpaired) electrons. The molecule has 4 nitrogen and oxygen atoms in total. The van der Waals surface area contributed by atoms with Crippen molar-refractivity contribution in [2.75, 3.05) is 26.1 Å². The fourth-order valence-corrected chi connectivity index (χ4v) is 1.62. The molecular formula is C13H18ClNO3. The van der Waals surface area contributed by atoms with E-state index in [0.29, 0.717) is 17.3 Å². The Morgan fingerprint density at radius 1 is 1.39 bits per heavy atom. The van der Waals surface area contributed by atoms with Crippen LogP contribution in [0.15, 0.2) is 18.2 Å². The molecule has 0 fully saturated rings. The van der Waals surface area contributed by atoms with Gasteiger partial charge in [-0.05, 0) is 26.0 Å². The maximum atomic E-state index is 11.5. The maximum Gasteiger partial charge on any atom is 0.313 e. The average molecular weight is 272 g/mol. The van der Waals surface area contributed by atoms with Crippen molar-refractivity contribution in [3.8, 4) is 5.75 Å². The zero-order chi connectivity index (χ0) is 13.8. The van der Waals surface area contributed by atoms with Crippen LogP contribution in [0, 0.1) is 5.41 Å². The van der Waals surface area contributed by atoms with Crippen LogP contribution in [0.2, 0.25) is 5.02 Å². The lowest BCUT2D eigenvalue weighted by atomic mass is 9.93. The molecule has 0 saturated carbocycles. The largest absolute Gasteiger partial charge is 0.497 e. The highest BCUT2D eigenvalue weighted by atomic mass is 35.5. The lowest BCUT2D eigenvalue weighted by Crippen LogP contribution is -2.33. The van der Waals surface area contributed by atoms with Crippen LogP contribution < -0.4 is 10.1 Å². The number of benzene rings is 1. The topological polar surface area (TPSA) is 47.6 Å². The minimum absolute atomic E-state index is 0.269. The molecule has 0 spiro atoms. The first-order valence-electron chi connectivity index (χ1n) is 5.56. The summed E-state index contributed by atoms with van der Waals surface area (Å²) >= 11 is 6.06. The van der Waals surface area contributed by atoms with E-state index in [-0.39, 0.29) is 5.97 Å². The Balaban J connectivity index is 2.77. The molecule has 0 aliphatic heterocycles. The molecule has 0 aromatic heterocycles. The Bertz CT molecular complexity index is 432. The van der Waals surface area contributed by atoms with Gasteiger partial charge in [0.15, 0.2) is 0 Å². The molecule has 0 atom stereocenters. The van der Waals surface area contributed by atoms with Gasteiger partial charge in [-0.15, -0.1) is 0 Å². The summed E-state index contributed by atoms with van der Waals surface area (Å²) in [4.78, 5) is 11.5. The third-order valence-electron chi connectivity index (χ3n) is 2.63. The van der Waals surface area contributed by atoms with Gasteiger partial charge in [-0.1, -0.05) is 11.6 Å². The highest BCUT2D eigenvalue weighted by Crippen LogP contribution is 2.28. The number of carbonyl (C=O) groups is 1. The average Bonchev–Trinajstić information content (AvgIpc) is 2.36. The van der Waals surface area contributed by atoms with Crippen molar-refractivity contribution >= 4 is 23.3 Å². The van der Waals surface area contributed by atoms with Crippen LogP contribution in [0.25, 0.3) is 0 Å². The van der Waals surface area contributed by atoms with Gasteiger partial charge in [-0.25, -0.2) is 0 Å². The Hall–Kier alpha value is -1.42. The lowest BCUT2D eigenvalue weighted by molar-refractivity contribution is -0.149. The van der Waals surface area contributed by atoms with Crippen molar-refractivity contribution in [2.45, 2.75) is 13.8 Å². The monoisotopic (exact) mass is 271 g/mol. The Labute approximate surface area is 112 Å². The summed E-state index contributed by atoms with van der Waals surface area (Å²) < 4.78 is 9.86. The third kappa shape index (κ3) is 3.53. The van der Waals surface area contributed by atoms with Crippen LogP contribution in [0.3, 0.4) is 0 Å². The van der Waals surface area contributed by atoms with Gasteiger partial charge >= 0.3 is 5.97 Å². The molecule has 100 valence electrons. The highest BCUT2D eigenvalue weighted by Gasteiger charge is 2.28. The van der Waals surface area contributed by atoms with E-state index in [9.17, 15) is 4.79 Å². The zero-order valence-corrected chi connectivity index (χ0v) is 11.8. The highest BCUT2D eigenvalue weighted by molar-refractivity contribution is 6.33. The summed E-state index contributed by atoms with van der Waals surface area (Å²) in [6.07, 6.45) is 0. The molecule has 1 rings (SSSR count). The van der Waals surface area contributed by atoms with Crippen molar-refractivity contribution < 1.29 is 14.3 Å². The minimum atomic E-state index is -0.624. The fraction of sp³-hybridized carbons (Fsp3) is 0.462. The normalized spacial score (nSPS) is 10.9. The number of anilines is 1. The van der Waals surface area contributed by atoms with Crippen molar-refractivity contribution in [3.63, 3.8) is 0 Å². The maximum absolute atomic E-state index is 11.5. The lowest BCUT2D eigenvalue weighted by Gasteiger charge is -2.22. The van der Waals surface area contributed by atoms with Gasteiger partial charge in [-0.3, -0.25) is 4.79 Å².